The third-order valence-electron chi connectivity index (χ3n) is 2.85. The van der Waals surface area contributed by atoms with Crippen LogP contribution >= 0.6 is 11.3 Å². The largest absolute Gasteiger partial charge is 0.468 e. The molecule has 0 saturated heterocycles. The fourth-order valence-corrected chi connectivity index (χ4v) is 2.47. The highest BCUT2D eigenvalue weighted by Crippen LogP contribution is 2.22. The zero-order valence-electron chi connectivity index (χ0n) is 11.0. The van der Waals surface area contributed by atoms with Gasteiger partial charge in [-0.2, -0.15) is 0 Å². The summed E-state index contributed by atoms with van der Waals surface area (Å²) in [6.07, 6.45) is 0. The van der Waals surface area contributed by atoms with Gasteiger partial charge in [0.1, 0.15) is 11.9 Å². The van der Waals surface area contributed by atoms with Crippen LogP contribution in [0.15, 0.2) is 29.6 Å². The summed E-state index contributed by atoms with van der Waals surface area (Å²) in [7, 11) is 1.14. The number of nitrogens with one attached hydrogen (secondary N) is 1. The molecular formula is C14H12F3NO2S. The van der Waals surface area contributed by atoms with E-state index in [1.165, 1.54) is 11.3 Å². The van der Waals surface area contributed by atoms with Crippen LogP contribution in [0.2, 0.25) is 0 Å². The zero-order valence-corrected chi connectivity index (χ0v) is 11.8. The van der Waals surface area contributed by atoms with Crippen LogP contribution in [-0.2, 0) is 16.1 Å². The van der Waals surface area contributed by atoms with Gasteiger partial charge in [-0.25, -0.2) is 18.0 Å². The molecule has 1 unspecified atom stereocenters. The molecule has 1 aromatic carbocycles. The van der Waals surface area contributed by atoms with Gasteiger partial charge in [-0.1, -0.05) is 6.07 Å². The molecule has 0 radical (unpaired) electrons. The summed E-state index contributed by atoms with van der Waals surface area (Å²) in [5.41, 5.74) is -0.294. The predicted molar refractivity (Wildman–Crippen MR) is 72.2 cm³/mol. The maximum atomic E-state index is 13.8. The second kappa shape index (κ2) is 6.73. The summed E-state index contributed by atoms with van der Waals surface area (Å²) in [5, 5.41) is 4.63. The molecule has 1 aromatic heterocycles. The Morgan fingerprint density at radius 3 is 2.62 bits per heavy atom. The van der Waals surface area contributed by atoms with Gasteiger partial charge in [0.2, 0.25) is 0 Å². The topological polar surface area (TPSA) is 38.3 Å². The normalized spacial score (nSPS) is 12.2. The number of benzene rings is 1. The monoisotopic (exact) mass is 315 g/mol. The molecular weight excluding hydrogens is 303 g/mol. The van der Waals surface area contributed by atoms with Crippen LogP contribution in [0.4, 0.5) is 13.2 Å². The van der Waals surface area contributed by atoms with E-state index in [-0.39, 0.29) is 12.1 Å². The summed E-state index contributed by atoms with van der Waals surface area (Å²) < 4.78 is 44.6. The van der Waals surface area contributed by atoms with E-state index in [0.717, 1.165) is 12.0 Å². The van der Waals surface area contributed by atoms with E-state index >= 15 is 0 Å². The van der Waals surface area contributed by atoms with Crippen molar-refractivity contribution >= 4 is 17.3 Å². The minimum absolute atomic E-state index is 0.274. The number of hydrogen-bond acceptors (Lipinski definition) is 4. The van der Waals surface area contributed by atoms with Gasteiger partial charge in [-0.05, 0) is 17.5 Å². The Labute approximate surface area is 123 Å². The number of hydrogen-bond donors (Lipinski definition) is 1. The Bertz CT molecular complexity index is 631. The molecule has 3 nitrogen and oxygen atoms in total. The first-order valence-electron chi connectivity index (χ1n) is 6.01. The third-order valence-corrected chi connectivity index (χ3v) is 3.72. The van der Waals surface area contributed by atoms with Crippen LogP contribution in [-0.4, -0.2) is 13.1 Å². The summed E-state index contributed by atoms with van der Waals surface area (Å²) in [6.45, 7) is 0.274. The molecule has 0 aliphatic carbocycles. The molecule has 0 aliphatic heterocycles. The van der Waals surface area contributed by atoms with Gasteiger partial charge in [0, 0.05) is 23.1 Å². The molecule has 0 amide bonds. The van der Waals surface area contributed by atoms with E-state index < -0.39 is 29.5 Å². The molecule has 2 rings (SSSR count). The number of esters is 1. The second-order valence-corrected chi connectivity index (χ2v) is 5.24. The summed E-state index contributed by atoms with van der Waals surface area (Å²) in [5.74, 6) is -4.32. The molecule has 0 spiro atoms. The minimum Gasteiger partial charge on any atom is -0.468 e. The van der Waals surface area contributed by atoms with Crippen molar-refractivity contribution in [2.75, 3.05) is 7.11 Å². The molecule has 1 N–H and O–H groups in total. The van der Waals surface area contributed by atoms with E-state index in [9.17, 15) is 18.0 Å². The standard InChI is InChI=1S/C14H12F3NO2S/c1-20-14(19)13(18-7-8-3-2-4-21-8)9-5-11(16)12(17)6-10(9)15/h2-6,13,18H,7H2,1H3. The molecule has 112 valence electrons. The Morgan fingerprint density at radius 2 is 2.00 bits per heavy atom. The summed E-state index contributed by atoms with van der Waals surface area (Å²) in [4.78, 5) is 12.7. The SMILES string of the molecule is COC(=O)C(NCc1cccs1)c1cc(F)c(F)cc1F. The highest BCUT2D eigenvalue weighted by molar-refractivity contribution is 7.09. The number of ether oxygens (including phenoxy) is 1. The third kappa shape index (κ3) is 3.62. The van der Waals surface area contributed by atoms with Crippen LogP contribution in [0.3, 0.4) is 0 Å². The fourth-order valence-electron chi connectivity index (χ4n) is 1.81. The Kier molecular flexibility index (Phi) is 4.98. The molecule has 2 aromatic rings. The number of methoxy groups -OCH3 is 1. The lowest BCUT2D eigenvalue weighted by Gasteiger charge is -2.17. The van der Waals surface area contributed by atoms with Crippen molar-refractivity contribution in [3.05, 3.63) is 57.5 Å². The van der Waals surface area contributed by atoms with Gasteiger partial charge in [0.05, 0.1) is 7.11 Å². The Balaban J connectivity index is 2.27. The van der Waals surface area contributed by atoms with Crippen molar-refractivity contribution in [1.29, 1.82) is 0 Å². The van der Waals surface area contributed by atoms with Crippen LogP contribution in [0.5, 0.6) is 0 Å². The minimum atomic E-state index is -1.31. The van der Waals surface area contributed by atoms with E-state index in [2.05, 4.69) is 10.1 Å². The highest BCUT2D eigenvalue weighted by atomic mass is 32.1. The van der Waals surface area contributed by atoms with Gasteiger partial charge in [0.25, 0.3) is 0 Å². The summed E-state index contributed by atoms with van der Waals surface area (Å²) >= 11 is 1.45. The molecule has 1 heterocycles. The molecule has 7 heteroatoms. The highest BCUT2D eigenvalue weighted by Gasteiger charge is 2.26. The van der Waals surface area contributed by atoms with E-state index in [1.54, 1.807) is 0 Å². The van der Waals surface area contributed by atoms with E-state index in [1.807, 2.05) is 17.5 Å². The number of halogens is 3. The maximum Gasteiger partial charge on any atom is 0.327 e. The number of thiophene rings is 1. The second-order valence-electron chi connectivity index (χ2n) is 4.20. The first kappa shape index (κ1) is 15.5. The molecule has 21 heavy (non-hydrogen) atoms. The smallest absolute Gasteiger partial charge is 0.327 e. The Hall–Kier alpha value is -1.86. The predicted octanol–water partition coefficient (Wildman–Crippen LogP) is 3.17. The van der Waals surface area contributed by atoms with Gasteiger partial charge >= 0.3 is 5.97 Å². The van der Waals surface area contributed by atoms with E-state index in [0.29, 0.717) is 12.1 Å². The van der Waals surface area contributed by atoms with Gasteiger partial charge in [0.15, 0.2) is 11.6 Å². The molecule has 0 bridgehead atoms. The van der Waals surface area contributed by atoms with Crippen LogP contribution in [0, 0.1) is 17.5 Å². The van der Waals surface area contributed by atoms with Crippen molar-refractivity contribution < 1.29 is 22.7 Å². The van der Waals surface area contributed by atoms with Crippen molar-refractivity contribution in [2.24, 2.45) is 0 Å². The molecule has 0 aliphatic rings. The van der Waals surface area contributed by atoms with Crippen LogP contribution in [0.1, 0.15) is 16.5 Å². The van der Waals surface area contributed by atoms with Crippen LogP contribution < -0.4 is 5.32 Å². The first-order valence-corrected chi connectivity index (χ1v) is 6.89. The summed E-state index contributed by atoms with van der Waals surface area (Å²) in [6, 6.07) is 3.51. The van der Waals surface area contributed by atoms with Gasteiger partial charge < -0.3 is 4.74 Å². The number of rotatable bonds is 5. The van der Waals surface area contributed by atoms with Crippen molar-refractivity contribution in [3.8, 4) is 0 Å². The maximum absolute atomic E-state index is 13.8. The number of carbonyl (C=O) groups excluding carboxylic acids is 1. The lowest BCUT2D eigenvalue weighted by Crippen LogP contribution is -2.30. The number of carbonyl (C=O) groups is 1. The van der Waals surface area contributed by atoms with Gasteiger partial charge in [-0.3, -0.25) is 5.32 Å². The average molecular weight is 315 g/mol. The molecule has 1 atom stereocenters. The Morgan fingerprint density at radius 1 is 1.29 bits per heavy atom. The lowest BCUT2D eigenvalue weighted by molar-refractivity contribution is -0.143. The molecule has 0 saturated carbocycles. The van der Waals surface area contributed by atoms with Crippen molar-refractivity contribution in [1.82, 2.24) is 5.32 Å². The zero-order chi connectivity index (χ0) is 15.4. The average Bonchev–Trinajstić information content (AvgIpc) is 2.97. The lowest BCUT2D eigenvalue weighted by atomic mass is 10.1. The fraction of sp³-hybridized carbons (Fsp3) is 0.214. The quantitative estimate of drug-likeness (QED) is 0.680. The molecule has 0 fully saturated rings. The van der Waals surface area contributed by atoms with E-state index in [4.69, 9.17) is 0 Å². The van der Waals surface area contributed by atoms with Crippen molar-refractivity contribution in [3.63, 3.8) is 0 Å². The van der Waals surface area contributed by atoms with Gasteiger partial charge in [-0.15, -0.1) is 11.3 Å². The first-order chi connectivity index (χ1) is 10.0. The van der Waals surface area contributed by atoms with Crippen molar-refractivity contribution in [2.45, 2.75) is 12.6 Å². The van der Waals surface area contributed by atoms with Crippen LogP contribution in [0.25, 0.3) is 0 Å².